The van der Waals surface area contributed by atoms with E-state index in [9.17, 15) is 4.79 Å². The van der Waals surface area contributed by atoms with Crippen LogP contribution in [0.4, 0.5) is 0 Å². The second-order valence-electron chi connectivity index (χ2n) is 4.58. The van der Waals surface area contributed by atoms with E-state index in [0.29, 0.717) is 6.42 Å². The zero-order valence-electron chi connectivity index (χ0n) is 10.4. The molecule has 0 unspecified atom stereocenters. The smallest absolute Gasteiger partial charge is 0.240 e. The Labute approximate surface area is 98.7 Å². The fourth-order valence-corrected chi connectivity index (χ4v) is 1.96. The number of unbranched alkanes of at least 4 members (excludes halogenated alkanes) is 1. The van der Waals surface area contributed by atoms with Gasteiger partial charge in [-0.25, -0.2) is 5.43 Å². The molecule has 0 aliphatic heterocycles. The van der Waals surface area contributed by atoms with Crippen molar-refractivity contribution >= 4 is 11.6 Å². The van der Waals surface area contributed by atoms with Gasteiger partial charge in [-0.05, 0) is 32.1 Å². The average Bonchev–Trinajstić information content (AvgIpc) is 2.25. The van der Waals surface area contributed by atoms with Crippen LogP contribution in [0.1, 0.15) is 71.1 Å². The molecule has 0 bridgehead atoms. The Morgan fingerprint density at radius 1 is 1.19 bits per heavy atom. The lowest BCUT2D eigenvalue weighted by atomic mass is 9.99. The molecule has 1 aliphatic carbocycles. The number of carbonyl (C=O) groups excluding carboxylic acids is 1. The Bertz CT molecular complexity index is 226. The molecule has 0 aromatic rings. The summed E-state index contributed by atoms with van der Waals surface area (Å²) in [5.74, 6) is 0.0661. The van der Waals surface area contributed by atoms with Crippen molar-refractivity contribution in [2.75, 3.05) is 0 Å². The van der Waals surface area contributed by atoms with Gasteiger partial charge >= 0.3 is 0 Å². The molecule has 92 valence electrons. The summed E-state index contributed by atoms with van der Waals surface area (Å²) in [6.07, 6.45) is 11.2. The van der Waals surface area contributed by atoms with E-state index in [2.05, 4.69) is 17.5 Å². The maximum atomic E-state index is 11.4. The van der Waals surface area contributed by atoms with Crippen LogP contribution in [0.2, 0.25) is 0 Å². The van der Waals surface area contributed by atoms with Gasteiger partial charge in [-0.15, -0.1) is 0 Å². The Hall–Kier alpha value is -0.860. The predicted octanol–water partition coefficient (Wildman–Crippen LogP) is 3.39. The molecule has 0 spiro atoms. The van der Waals surface area contributed by atoms with Crippen molar-refractivity contribution in [1.82, 2.24) is 5.43 Å². The number of amides is 1. The van der Waals surface area contributed by atoms with Gasteiger partial charge in [0.1, 0.15) is 0 Å². The minimum Gasteiger partial charge on any atom is -0.273 e. The lowest BCUT2D eigenvalue weighted by Gasteiger charge is -2.10. The van der Waals surface area contributed by atoms with Crippen LogP contribution in [0.25, 0.3) is 0 Å². The van der Waals surface area contributed by atoms with Crippen LogP contribution in [-0.2, 0) is 4.79 Å². The second kappa shape index (κ2) is 8.31. The van der Waals surface area contributed by atoms with Gasteiger partial charge in [0.2, 0.25) is 5.91 Å². The van der Waals surface area contributed by atoms with Crippen molar-refractivity contribution in [3.8, 4) is 0 Å². The topological polar surface area (TPSA) is 41.5 Å². The number of nitrogens with zero attached hydrogens (tertiary/aromatic N) is 1. The molecular formula is C13H24N2O. The van der Waals surface area contributed by atoms with Crippen molar-refractivity contribution in [1.29, 1.82) is 0 Å². The molecule has 1 amide bonds. The van der Waals surface area contributed by atoms with Gasteiger partial charge in [-0.2, -0.15) is 5.10 Å². The molecule has 1 N–H and O–H groups in total. The van der Waals surface area contributed by atoms with Gasteiger partial charge in [-0.3, -0.25) is 4.79 Å². The first-order valence-electron chi connectivity index (χ1n) is 6.67. The lowest BCUT2D eigenvalue weighted by molar-refractivity contribution is -0.121. The van der Waals surface area contributed by atoms with Crippen LogP contribution in [0.15, 0.2) is 5.10 Å². The summed E-state index contributed by atoms with van der Waals surface area (Å²) >= 11 is 0. The molecule has 1 rings (SSSR count). The third kappa shape index (κ3) is 5.89. The Balaban J connectivity index is 2.27. The number of hydrogen-bond donors (Lipinski definition) is 1. The Morgan fingerprint density at radius 2 is 1.81 bits per heavy atom. The fraction of sp³-hybridized carbons (Fsp3) is 0.846. The minimum atomic E-state index is 0.0661. The van der Waals surface area contributed by atoms with E-state index >= 15 is 0 Å². The summed E-state index contributed by atoms with van der Waals surface area (Å²) in [7, 11) is 0. The Kier molecular flexibility index (Phi) is 6.86. The third-order valence-corrected chi connectivity index (χ3v) is 3.03. The summed E-state index contributed by atoms with van der Waals surface area (Å²) in [5, 5.41) is 4.25. The second-order valence-corrected chi connectivity index (χ2v) is 4.58. The van der Waals surface area contributed by atoms with Gasteiger partial charge in [0, 0.05) is 12.1 Å². The van der Waals surface area contributed by atoms with E-state index < -0.39 is 0 Å². The van der Waals surface area contributed by atoms with E-state index in [4.69, 9.17) is 0 Å². The predicted molar refractivity (Wildman–Crippen MR) is 67.4 cm³/mol. The first kappa shape index (κ1) is 13.2. The molecule has 0 aromatic heterocycles. The van der Waals surface area contributed by atoms with Crippen molar-refractivity contribution in [3.63, 3.8) is 0 Å². The van der Waals surface area contributed by atoms with Crippen LogP contribution in [0, 0.1) is 0 Å². The molecule has 0 heterocycles. The fourth-order valence-electron chi connectivity index (χ4n) is 1.96. The number of hydrazone groups is 1. The van der Waals surface area contributed by atoms with Crippen LogP contribution in [0.3, 0.4) is 0 Å². The molecule has 0 aromatic carbocycles. The summed E-state index contributed by atoms with van der Waals surface area (Å²) in [6.45, 7) is 2.09. The lowest BCUT2D eigenvalue weighted by Crippen LogP contribution is -2.19. The van der Waals surface area contributed by atoms with Crippen molar-refractivity contribution in [2.24, 2.45) is 5.10 Å². The highest BCUT2D eigenvalue weighted by Gasteiger charge is 2.05. The quantitative estimate of drug-likeness (QED) is 0.731. The van der Waals surface area contributed by atoms with Gasteiger partial charge in [0.25, 0.3) is 0 Å². The monoisotopic (exact) mass is 224 g/mol. The third-order valence-electron chi connectivity index (χ3n) is 3.03. The van der Waals surface area contributed by atoms with E-state index in [1.54, 1.807) is 0 Å². The number of rotatable bonds is 4. The van der Waals surface area contributed by atoms with Crippen molar-refractivity contribution in [3.05, 3.63) is 0 Å². The first-order valence-corrected chi connectivity index (χ1v) is 6.67. The van der Waals surface area contributed by atoms with E-state index in [0.717, 1.165) is 25.7 Å². The molecule has 3 nitrogen and oxygen atoms in total. The molecule has 0 atom stereocenters. The zero-order chi connectivity index (χ0) is 11.6. The van der Waals surface area contributed by atoms with Crippen molar-refractivity contribution < 1.29 is 4.79 Å². The van der Waals surface area contributed by atoms with Gasteiger partial charge in [0.05, 0.1) is 0 Å². The largest absolute Gasteiger partial charge is 0.273 e. The van der Waals surface area contributed by atoms with Crippen LogP contribution < -0.4 is 5.43 Å². The highest BCUT2D eigenvalue weighted by Crippen LogP contribution is 2.14. The number of carbonyl (C=O) groups is 1. The molecule has 3 heteroatoms. The summed E-state index contributed by atoms with van der Waals surface area (Å²) < 4.78 is 0. The first-order chi connectivity index (χ1) is 7.83. The average molecular weight is 224 g/mol. The van der Waals surface area contributed by atoms with Crippen LogP contribution in [-0.4, -0.2) is 11.6 Å². The van der Waals surface area contributed by atoms with Gasteiger partial charge in [-0.1, -0.05) is 32.6 Å². The number of nitrogens with one attached hydrogen (secondary N) is 1. The number of hydrogen-bond acceptors (Lipinski definition) is 2. The summed E-state index contributed by atoms with van der Waals surface area (Å²) in [4.78, 5) is 11.4. The summed E-state index contributed by atoms with van der Waals surface area (Å²) in [5.41, 5.74) is 3.87. The molecule has 0 radical (unpaired) electrons. The highest BCUT2D eigenvalue weighted by atomic mass is 16.2. The Morgan fingerprint density at radius 3 is 2.44 bits per heavy atom. The molecule has 1 aliphatic rings. The van der Waals surface area contributed by atoms with Crippen LogP contribution >= 0.6 is 0 Å². The van der Waals surface area contributed by atoms with Gasteiger partial charge in [0.15, 0.2) is 0 Å². The maximum absolute atomic E-state index is 11.4. The maximum Gasteiger partial charge on any atom is 0.240 e. The zero-order valence-corrected chi connectivity index (χ0v) is 10.4. The SMILES string of the molecule is CCCCC(=O)NN=C1CCCCCCC1. The molecule has 1 saturated carbocycles. The molecule has 1 fully saturated rings. The van der Waals surface area contributed by atoms with E-state index in [1.165, 1.54) is 37.8 Å². The van der Waals surface area contributed by atoms with E-state index in [-0.39, 0.29) is 5.91 Å². The standard InChI is InChI=1S/C13H24N2O/c1-2-3-11-13(16)15-14-12-9-7-5-4-6-8-10-12/h2-11H2,1H3,(H,15,16). The highest BCUT2D eigenvalue weighted by molar-refractivity contribution is 5.86. The summed E-state index contributed by atoms with van der Waals surface area (Å²) in [6, 6.07) is 0. The van der Waals surface area contributed by atoms with Gasteiger partial charge < -0.3 is 0 Å². The van der Waals surface area contributed by atoms with Crippen LogP contribution in [0.5, 0.6) is 0 Å². The molecule has 0 saturated heterocycles. The van der Waals surface area contributed by atoms with E-state index in [1.807, 2.05) is 0 Å². The normalized spacial score (nSPS) is 17.4. The van der Waals surface area contributed by atoms with Crippen molar-refractivity contribution in [2.45, 2.75) is 71.1 Å². The molecular weight excluding hydrogens is 200 g/mol. The minimum absolute atomic E-state index is 0.0661. The molecule has 16 heavy (non-hydrogen) atoms.